The Morgan fingerprint density at radius 2 is 2.05 bits per heavy atom. The SMILES string of the molecule is CCSC1CC2C(C(=O)OC)=CC1C(=O)C2(OC)OC. The van der Waals surface area contributed by atoms with Crippen molar-refractivity contribution < 1.29 is 23.8 Å². The molecule has 3 aliphatic carbocycles. The molecule has 0 aliphatic heterocycles. The van der Waals surface area contributed by atoms with Gasteiger partial charge in [0.25, 0.3) is 0 Å². The zero-order valence-corrected chi connectivity index (χ0v) is 13.0. The molecule has 5 nitrogen and oxygen atoms in total. The van der Waals surface area contributed by atoms with Gasteiger partial charge in [-0.2, -0.15) is 11.8 Å². The van der Waals surface area contributed by atoms with Gasteiger partial charge < -0.3 is 14.2 Å². The van der Waals surface area contributed by atoms with Crippen LogP contribution in [0.15, 0.2) is 11.6 Å². The Kier molecular flexibility index (Phi) is 4.56. The van der Waals surface area contributed by atoms with E-state index in [0.29, 0.717) is 12.0 Å². The Morgan fingerprint density at radius 1 is 1.40 bits per heavy atom. The zero-order valence-electron chi connectivity index (χ0n) is 12.2. The summed E-state index contributed by atoms with van der Waals surface area (Å²) in [5.74, 6) is -1.71. The Hall–Kier alpha value is -0.850. The highest BCUT2D eigenvalue weighted by Gasteiger charge is 2.61. The molecule has 0 N–H and O–H groups in total. The van der Waals surface area contributed by atoms with Gasteiger partial charge in [0, 0.05) is 25.0 Å². The lowest BCUT2D eigenvalue weighted by atomic mass is 9.66. The van der Waals surface area contributed by atoms with Gasteiger partial charge in [-0.1, -0.05) is 13.0 Å². The summed E-state index contributed by atoms with van der Waals surface area (Å²) in [6.07, 6.45) is 2.42. The van der Waals surface area contributed by atoms with Crippen LogP contribution in [-0.2, 0) is 23.8 Å². The number of ether oxygens (including phenoxy) is 3. The summed E-state index contributed by atoms with van der Waals surface area (Å²) in [6, 6.07) is 0. The molecule has 1 saturated carbocycles. The molecule has 2 bridgehead atoms. The van der Waals surface area contributed by atoms with Crippen molar-refractivity contribution in [2.45, 2.75) is 24.4 Å². The monoisotopic (exact) mass is 300 g/mol. The van der Waals surface area contributed by atoms with Gasteiger partial charge in [-0.3, -0.25) is 4.79 Å². The van der Waals surface area contributed by atoms with Gasteiger partial charge in [-0.05, 0) is 12.2 Å². The first-order valence-electron chi connectivity index (χ1n) is 6.61. The zero-order chi connectivity index (χ0) is 14.9. The molecule has 0 aromatic carbocycles. The molecule has 3 aliphatic rings. The van der Waals surface area contributed by atoms with Crippen LogP contribution in [0.4, 0.5) is 0 Å². The van der Waals surface area contributed by atoms with Crippen LogP contribution in [0.2, 0.25) is 0 Å². The third kappa shape index (κ3) is 2.10. The predicted octanol–water partition coefficient (Wildman–Crippen LogP) is 1.42. The summed E-state index contributed by atoms with van der Waals surface area (Å²) in [7, 11) is 4.23. The Labute approximate surface area is 123 Å². The first kappa shape index (κ1) is 15.5. The number of ketones is 1. The first-order valence-corrected chi connectivity index (χ1v) is 7.66. The molecule has 0 spiro atoms. The fraction of sp³-hybridized carbons (Fsp3) is 0.714. The highest BCUT2D eigenvalue weighted by Crippen LogP contribution is 2.50. The highest BCUT2D eigenvalue weighted by atomic mass is 32.2. The standard InChI is InChI=1S/C14H20O5S/c1-5-20-11-7-10-8(13(16)17-2)6-9(11)12(15)14(10,18-3)19-4/h6,9-11H,5,7H2,1-4H3. The molecule has 0 saturated heterocycles. The lowest BCUT2D eigenvalue weighted by molar-refractivity contribution is -0.237. The lowest BCUT2D eigenvalue weighted by Crippen LogP contribution is -2.62. The van der Waals surface area contributed by atoms with Crippen LogP contribution in [0.3, 0.4) is 0 Å². The third-order valence-electron chi connectivity index (χ3n) is 4.12. The van der Waals surface area contributed by atoms with E-state index in [1.165, 1.54) is 21.3 Å². The van der Waals surface area contributed by atoms with Crippen LogP contribution in [0.25, 0.3) is 0 Å². The van der Waals surface area contributed by atoms with Gasteiger partial charge in [-0.25, -0.2) is 4.79 Å². The van der Waals surface area contributed by atoms with Crippen molar-refractivity contribution in [1.29, 1.82) is 0 Å². The van der Waals surface area contributed by atoms with E-state index in [0.717, 1.165) is 5.75 Å². The smallest absolute Gasteiger partial charge is 0.333 e. The Balaban J connectivity index is 2.45. The van der Waals surface area contributed by atoms with Gasteiger partial charge in [0.15, 0.2) is 0 Å². The average Bonchev–Trinajstić information content (AvgIpc) is 2.48. The number of carbonyl (C=O) groups excluding carboxylic acids is 2. The number of Topliss-reactive ketones (excluding diaryl/α,β-unsaturated/α-hetero) is 1. The molecular formula is C14H20O5S. The minimum atomic E-state index is -1.35. The van der Waals surface area contributed by atoms with Crippen molar-refractivity contribution in [3.63, 3.8) is 0 Å². The normalized spacial score (nSPS) is 31.1. The van der Waals surface area contributed by atoms with Gasteiger partial charge in [0.05, 0.1) is 18.9 Å². The van der Waals surface area contributed by atoms with Crippen LogP contribution in [0.1, 0.15) is 13.3 Å². The molecule has 3 unspecified atom stereocenters. The number of rotatable bonds is 5. The Bertz CT molecular complexity index is 441. The van der Waals surface area contributed by atoms with Gasteiger partial charge in [-0.15, -0.1) is 0 Å². The molecule has 0 aromatic rings. The molecule has 3 rings (SSSR count). The van der Waals surface area contributed by atoms with Crippen molar-refractivity contribution in [2.24, 2.45) is 11.8 Å². The van der Waals surface area contributed by atoms with Crippen molar-refractivity contribution in [3.05, 3.63) is 11.6 Å². The summed E-state index contributed by atoms with van der Waals surface area (Å²) in [5, 5.41) is 0.171. The van der Waals surface area contributed by atoms with Crippen molar-refractivity contribution >= 4 is 23.5 Å². The largest absolute Gasteiger partial charge is 0.466 e. The second-order valence-corrected chi connectivity index (χ2v) is 6.38. The minimum absolute atomic E-state index is 0.0997. The maximum absolute atomic E-state index is 12.7. The van der Waals surface area contributed by atoms with Crippen LogP contribution in [0, 0.1) is 11.8 Å². The highest BCUT2D eigenvalue weighted by molar-refractivity contribution is 7.99. The summed E-state index contributed by atoms with van der Waals surface area (Å²) in [5.41, 5.74) is 0.494. The van der Waals surface area contributed by atoms with E-state index in [-0.39, 0.29) is 17.0 Å². The van der Waals surface area contributed by atoms with E-state index in [9.17, 15) is 9.59 Å². The first-order chi connectivity index (χ1) is 9.55. The van der Waals surface area contributed by atoms with E-state index in [1.54, 1.807) is 17.8 Å². The Morgan fingerprint density at radius 3 is 2.55 bits per heavy atom. The molecule has 1 fully saturated rings. The minimum Gasteiger partial charge on any atom is -0.466 e. The maximum atomic E-state index is 12.7. The average molecular weight is 300 g/mol. The number of thioether (sulfide) groups is 1. The van der Waals surface area contributed by atoms with Crippen molar-refractivity contribution in [1.82, 2.24) is 0 Å². The van der Waals surface area contributed by atoms with Crippen LogP contribution in [-0.4, -0.2) is 49.9 Å². The lowest BCUT2D eigenvalue weighted by Gasteiger charge is -2.49. The van der Waals surface area contributed by atoms with E-state index in [1.807, 2.05) is 0 Å². The topological polar surface area (TPSA) is 61.8 Å². The van der Waals surface area contributed by atoms with Crippen LogP contribution < -0.4 is 0 Å². The van der Waals surface area contributed by atoms with E-state index >= 15 is 0 Å². The fourth-order valence-corrected chi connectivity index (χ4v) is 4.38. The summed E-state index contributed by atoms with van der Waals surface area (Å²) >= 11 is 1.73. The van der Waals surface area contributed by atoms with Crippen molar-refractivity contribution in [3.8, 4) is 0 Å². The number of esters is 1. The summed E-state index contributed by atoms with van der Waals surface area (Å²) < 4.78 is 15.6. The molecule has 6 heteroatoms. The van der Waals surface area contributed by atoms with E-state index < -0.39 is 17.7 Å². The number of hydrogen-bond donors (Lipinski definition) is 0. The summed E-state index contributed by atoms with van der Waals surface area (Å²) in [4.78, 5) is 24.6. The second kappa shape index (κ2) is 5.87. The van der Waals surface area contributed by atoms with Gasteiger partial charge in [0.2, 0.25) is 11.6 Å². The van der Waals surface area contributed by atoms with Crippen LogP contribution >= 0.6 is 11.8 Å². The molecule has 0 heterocycles. The molecule has 0 aromatic heterocycles. The second-order valence-electron chi connectivity index (χ2n) is 4.86. The third-order valence-corrected chi connectivity index (χ3v) is 5.36. The maximum Gasteiger partial charge on any atom is 0.333 e. The number of hydrogen-bond acceptors (Lipinski definition) is 6. The van der Waals surface area contributed by atoms with Gasteiger partial charge >= 0.3 is 5.97 Å². The fourth-order valence-electron chi connectivity index (χ4n) is 3.21. The molecule has 3 atom stereocenters. The number of methoxy groups -OCH3 is 3. The molecule has 112 valence electrons. The van der Waals surface area contributed by atoms with E-state index in [2.05, 4.69) is 6.92 Å². The summed E-state index contributed by atoms with van der Waals surface area (Å²) in [6.45, 7) is 2.06. The van der Waals surface area contributed by atoms with Gasteiger partial charge in [0.1, 0.15) is 0 Å². The van der Waals surface area contributed by atoms with E-state index in [4.69, 9.17) is 14.2 Å². The molecule has 20 heavy (non-hydrogen) atoms. The predicted molar refractivity (Wildman–Crippen MR) is 75.4 cm³/mol. The molecule has 0 radical (unpaired) electrons. The van der Waals surface area contributed by atoms with Crippen molar-refractivity contribution in [2.75, 3.05) is 27.1 Å². The number of carbonyl (C=O) groups is 2. The number of fused-ring (bicyclic) bond motifs is 2. The quantitative estimate of drug-likeness (QED) is 0.565. The van der Waals surface area contributed by atoms with Crippen LogP contribution in [0.5, 0.6) is 0 Å². The molecular weight excluding hydrogens is 280 g/mol. The number of allylic oxidation sites excluding steroid dienone is 1. The molecule has 0 amide bonds.